The van der Waals surface area contributed by atoms with Crippen LogP contribution in [-0.2, 0) is 27.3 Å². The minimum atomic E-state index is -0.917. The number of aromatic nitrogens is 1. The van der Waals surface area contributed by atoms with Crippen LogP contribution in [0.3, 0.4) is 0 Å². The van der Waals surface area contributed by atoms with Crippen molar-refractivity contribution in [1.29, 1.82) is 0 Å². The summed E-state index contributed by atoms with van der Waals surface area (Å²) in [5.41, 5.74) is 2.00. The molecular formula is C16H12ClNO4. The molecule has 112 valence electrons. The lowest BCUT2D eigenvalue weighted by Gasteiger charge is -2.23. The Morgan fingerprint density at radius 1 is 1.36 bits per heavy atom. The molecule has 0 aliphatic carbocycles. The first kappa shape index (κ1) is 14.5. The normalized spacial score (nSPS) is 16.6. The Morgan fingerprint density at radius 2 is 2.18 bits per heavy atom. The van der Waals surface area contributed by atoms with E-state index in [1.807, 2.05) is 6.07 Å². The second kappa shape index (κ2) is 6.15. The minimum absolute atomic E-state index is 0.0524. The maximum absolute atomic E-state index is 12.1. The lowest BCUT2D eigenvalue weighted by molar-refractivity contribution is -0.155. The van der Waals surface area contributed by atoms with E-state index in [2.05, 4.69) is 4.98 Å². The fourth-order valence-electron chi connectivity index (χ4n) is 2.24. The van der Waals surface area contributed by atoms with E-state index in [-0.39, 0.29) is 6.61 Å². The smallest absolute Gasteiger partial charge is 0.348 e. The number of hydrogen-bond donors (Lipinski definition) is 0. The van der Waals surface area contributed by atoms with Crippen molar-refractivity contribution in [2.45, 2.75) is 19.1 Å². The Labute approximate surface area is 131 Å². The standard InChI is InChI=1S/C16H12ClNO4/c17-14-7-10(5-6-18-14)9-21-16(20)13-8-11-3-1-2-4-12(11)15(19)22-13/h1-7,13H,8-9H2. The molecule has 0 saturated carbocycles. The topological polar surface area (TPSA) is 65.5 Å². The molecule has 1 aromatic heterocycles. The fraction of sp³-hybridized carbons (Fsp3) is 0.188. The van der Waals surface area contributed by atoms with Gasteiger partial charge in [-0.1, -0.05) is 29.8 Å². The van der Waals surface area contributed by atoms with E-state index in [0.717, 1.165) is 11.1 Å². The Balaban J connectivity index is 1.65. The van der Waals surface area contributed by atoms with E-state index in [4.69, 9.17) is 21.1 Å². The largest absolute Gasteiger partial charge is 0.458 e. The van der Waals surface area contributed by atoms with E-state index in [9.17, 15) is 9.59 Å². The summed E-state index contributed by atoms with van der Waals surface area (Å²) in [5, 5.41) is 0.326. The maximum atomic E-state index is 12.1. The zero-order chi connectivity index (χ0) is 15.5. The van der Waals surface area contributed by atoms with Gasteiger partial charge in [0, 0.05) is 12.6 Å². The molecule has 5 nitrogen and oxygen atoms in total. The van der Waals surface area contributed by atoms with Crippen molar-refractivity contribution >= 4 is 23.5 Å². The van der Waals surface area contributed by atoms with Crippen LogP contribution in [0.25, 0.3) is 0 Å². The zero-order valence-corrected chi connectivity index (χ0v) is 12.2. The molecule has 0 radical (unpaired) electrons. The van der Waals surface area contributed by atoms with Crippen LogP contribution in [0.1, 0.15) is 21.5 Å². The number of rotatable bonds is 3. The van der Waals surface area contributed by atoms with Gasteiger partial charge < -0.3 is 9.47 Å². The summed E-state index contributed by atoms with van der Waals surface area (Å²) in [7, 11) is 0. The van der Waals surface area contributed by atoms with Crippen LogP contribution in [0.4, 0.5) is 0 Å². The van der Waals surface area contributed by atoms with Crippen molar-refractivity contribution in [2.24, 2.45) is 0 Å². The Hall–Kier alpha value is -2.40. The number of hydrogen-bond acceptors (Lipinski definition) is 5. The molecule has 3 rings (SSSR count). The molecular weight excluding hydrogens is 306 g/mol. The zero-order valence-electron chi connectivity index (χ0n) is 11.5. The van der Waals surface area contributed by atoms with Crippen LogP contribution in [-0.4, -0.2) is 23.0 Å². The molecule has 0 saturated heterocycles. The fourth-order valence-corrected chi connectivity index (χ4v) is 2.44. The van der Waals surface area contributed by atoms with E-state index >= 15 is 0 Å². The highest BCUT2D eigenvalue weighted by Crippen LogP contribution is 2.21. The molecule has 0 N–H and O–H groups in total. The average Bonchev–Trinajstić information content (AvgIpc) is 2.52. The van der Waals surface area contributed by atoms with Gasteiger partial charge in [-0.05, 0) is 29.3 Å². The van der Waals surface area contributed by atoms with Gasteiger partial charge in [-0.3, -0.25) is 0 Å². The van der Waals surface area contributed by atoms with Gasteiger partial charge in [0.1, 0.15) is 11.8 Å². The molecule has 6 heteroatoms. The maximum Gasteiger partial charge on any atom is 0.348 e. The van der Waals surface area contributed by atoms with E-state index in [1.54, 1.807) is 30.3 Å². The number of ether oxygens (including phenoxy) is 2. The van der Waals surface area contributed by atoms with Crippen molar-refractivity contribution in [2.75, 3.05) is 0 Å². The van der Waals surface area contributed by atoms with Crippen molar-refractivity contribution in [3.05, 3.63) is 64.4 Å². The molecule has 1 aliphatic heterocycles. The third kappa shape index (κ3) is 3.09. The van der Waals surface area contributed by atoms with Crippen molar-refractivity contribution in [3.63, 3.8) is 0 Å². The van der Waals surface area contributed by atoms with Crippen LogP contribution in [0.2, 0.25) is 5.15 Å². The second-order valence-corrected chi connectivity index (χ2v) is 5.24. The second-order valence-electron chi connectivity index (χ2n) is 4.85. The lowest BCUT2D eigenvalue weighted by atomic mass is 9.99. The first-order chi connectivity index (χ1) is 10.6. The third-order valence-corrected chi connectivity index (χ3v) is 3.53. The first-order valence-corrected chi connectivity index (χ1v) is 7.07. The molecule has 2 aromatic rings. The Bertz CT molecular complexity index is 732. The minimum Gasteiger partial charge on any atom is -0.458 e. The summed E-state index contributed by atoms with van der Waals surface area (Å²) < 4.78 is 10.3. The van der Waals surface area contributed by atoms with E-state index < -0.39 is 18.0 Å². The molecule has 0 spiro atoms. The van der Waals surface area contributed by atoms with Gasteiger partial charge in [-0.2, -0.15) is 0 Å². The van der Waals surface area contributed by atoms with Crippen LogP contribution in [0.15, 0.2) is 42.6 Å². The van der Waals surface area contributed by atoms with Crippen molar-refractivity contribution in [1.82, 2.24) is 4.98 Å². The highest BCUT2D eigenvalue weighted by molar-refractivity contribution is 6.29. The summed E-state index contributed by atoms with van der Waals surface area (Å²) >= 11 is 5.76. The van der Waals surface area contributed by atoms with Crippen LogP contribution < -0.4 is 0 Å². The number of fused-ring (bicyclic) bond motifs is 1. The molecule has 0 bridgehead atoms. The molecule has 1 atom stereocenters. The van der Waals surface area contributed by atoms with Gasteiger partial charge in [-0.25, -0.2) is 14.6 Å². The number of pyridine rings is 1. The van der Waals surface area contributed by atoms with Crippen molar-refractivity contribution in [3.8, 4) is 0 Å². The predicted octanol–water partition coefficient (Wildman–Crippen LogP) is 2.56. The summed E-state index contributed by atoms with van der Waals surface area (Å²) in [5.74, 6) is -1.08. The molecule has 1 unspecified atom stereocenters. The Kier molecular flexibility index (Phi) is 4.06. The number of nitrogens with zero attached hydrogens (tertiary/aromatic N) is 1. The summed E-state index contributed by atoms with van der Waals surface area (Å²) in [6, 6.07) is 10.4. The molecule has 2 heterocycles. The summed E-state index contributed by atoms with van der Waals surface area (Å²) in [6.45, 7) is 0.0524. The molecule has 22 heavy (non-hydrogen) atoms. The number of halogens is 1. The number of carbonyl (C=O) groups is 2. The highest BCUT2D eigenvalue weighted by atomic mass is 35.5. The third-order valence-electron chi connectivity index (χ3n) is 3.33. The van der Waals surface area contributed by atoms with Gasteiger partial charge in [-0.15, -0.1) is 0 Å². The summed E-state index contributed by atoms with van der Waals surface area (Å²) in [6.07, 6.45) is 0.931. The van der Waals surface area contributed by atoms with Gasteiger partial charge in [0.15, 0.2) is 0 Å². The molecule has 0 amide bonds. The molecule has 1 aliphatic rings. The van der Waals surface area contributed by atoms with Gasteiger partial charge in [0.05, 0.1) is 5.56 Å². The molecule has 1 aromatic carbocycles. The number of benzene rings is 1. The average molecular weight is 318 g/mol. The van der Waals surface area contributed by atoms with Crippen LogP contribution >= 0.6 is 11.6 Å². The van der Waals surface area contributed by atoms with Crippen molar-refractivity contribution < 1.29 is 19.1 Å². The lowest BCUT2D eigenvalue weighted by Crippen LogP contribution is -2.35. The van der Waals surface area contributed by atoms with E-state index in [1.165, 1.54) is 6.20 Å². The van der Waals surface area contributed by atoms with Crippen LogP contribution in [0, 0.1) is 0 Å². The molecule has 0 fully saturated rings. The van der Waals surface area contributed by atoms with Gasteiger partial charge >= 0.3 is 11.9 Å². The number of esters is 2. The first-order valence-electron chi connectivity index (χ1n) is 6.69. The van der Waals surface area contributed by atoms with Crippen LogP contribution in [0.5, 0.6) is 0 Å². The number of cyclic esters (lactones) is 1. The van der Waals surface area contributed by atoms with Gasteiger partial charge in [0.25, 0.3) is 0 Å². The number of carbonyl (C=O) groups excluding carboxylic acids is 2. The monoisotopic (exact) mass is 317 g/mol. The Morgan fingerprint density at radius 3 is 3.00 bits per heavy atom. The summed E-state index contributed by atoms with van der Waals surface area (Å²) in [4.78, 5) is 27.8. The highest BCUT2D eigenvalue weighted by Gasteiger charge is 2.32. The quantitative estimate of drug-likeness (QED) is 0.643. The van der Waals surface area contributed by atoms with Gasteiger partial charge in [0.2, 0.25) is 6.10 Å². The van der Waals surface area contributed by atoms with E-state index in [0.29, 0.717) is 17.1 Å². The SMILES string of the molecule is O=C1OC(C(=O)OCc2ccnc(Cl)c2)Cc2ccccc21. The predicted molar refractivity (Wildman–Crippen MR) is 78.4 cm³/mol.